The number of nitrogens with one attached hydrogen (secondary N) is 1. The zero-order chi connectivity index (χ0) is 18.5. The van der Waals surface area contributed by atoms with E-state index in [0.717, 1.165) is 45.3 Å². The number of rotatable bonds is 5. The van der Waals surface area contributed by atoms with Crippen LogP contribution in [0.15, 0.2) is 24.3 Å². The van der Waals surface area contributed by atoms with Crippen LogP contribution in [0.1, 0.15) is 50.7 Å². The highest BCUT2D eigenvalue weighted by Crippen LogP contribution is 2.23. The van der Waals surface area contributed by atoms with Crippen molar-refractivity contribution in [1.82, 2.24) is 10.2 Å². The van der Waals surface area contributed by atoms with Gasteiger partial charge in [0.2, 0.25) is 5.91 Å². The van der Waals surface area contributed by atoms with Gasteiger partial charge in [-0.05, 0) is 44.2 Å². The van der Waals surface area contributed by atoms with E-state index in [1.54, 1.807) is 0 Å². The summed E-state index contributed by atoms with van der Waals surface area (Å²) in [5, 5.41) is 3.15. The molecule has 1 heterocycles. The molecule has 3 rings (SSSR count). The summed E-state index contributed by atoms with van der Waals surface area (Å²) >= 11 is 0. The lowest BCUT2D eigenvalue weighted by Crippen LogP contribution is -2.45. The van der Waals surface area contributed by atoms with E-state index in [9.17, 15) is 4.79 Å². The third kappa shape index (κ3) is 5.29. The van der Waals surface area contributed by atoms with Gasteiger partial charge in [0.05, 0.1) is 12.2 Å². The van der Waals surface area contributed by atoms with Crippen LogP contribution in [-0.2, 0) is 22.6 Å². The largest absolute Gasteiger partial charge is 0.373 e. The van der Waals surface area contributed by atoms with E-state index < -0.39 is 0 Å². The van der Waals surface area contributed by atoms with Crippen LogP contribution in [0.4, 0.5) is 0 Å². The molecule has 5 heteroatoms. The van der Waals surface area contributed by atoms with Crippen LogP contribution in [0.3, 0.4) is 0 Å². The van der Waals surface area contributed by atoms with Crippen molar-refractivity contribution >= 4 is 5.91 Å². The van der Waals surface area contributed by atoms with Gasteiger partial charge in [-0.1, -0.05) is 30.7 Å². The number of ether oxygens (including phenoxy) is 1. The molecule has 2 aliphatic rings. The fraction of sp³-hybridized carbons (Fsp3) is 0.667. The Bertz CT molecular complexity index is 597. The molecule has 1 saturated carbocycles. The summed E-state index contributed by atoms with van der Waals surface area (Å²) in [5.41, 5.74) is 8.51. The van der Waals surface area contributed by atoms with E-state index in [1.165, 1.54) is 11.1 Å². The molecule has 4 unspecified atom stereocenters. The van der Waals surface area contributed by atoms with Crippen LogP contribution in [0.2, 0.25) is 0 Å². The van der Waals surface area contributed by atoms with E-state index in [-0.39, 0.29) is 30.1 Å². The number of nitrogens with two attached hydrogens (primary N) is 1. The van der Waals surface area contributed by atoms with Gasteiger partial charge in [-0.15, -0.1) is 0 Å². The average molecular weight is 360 g/mol. The van der Waals surface area contributed by atoms with Crippen LogP contribution in [0.25, 0.3) is 0 Å². The summed E-state index contributed by atoms with van der Waals surface area (Å²) in [6, 6.07) is 8.59. The molecule has 144 valence electrons. The van der Waals surface area contributed by atoms with E-state index in [2.05, 4.69) is 42.3 Å². The first kappa shape index (κ1) is 19.3. The van der Waals surface area contributed by atoms with E-state index >= 15 is 0 Å². The monoisotopic (exact) mass is 359 g/mol. The molecular weight excluding hydrogens is 326 g/mol. The number of amides is 1. The fourth-order valence-electron chi connectivity index (χ4n) is 4.33. The molecule has 1 aromatic carbocycles. The summed E-state index contributed by atoms with van der Waals surface area (Å²) < 4.78 is 5.83. The second-order valence-corrected chi connectivity index (χ2v) is 8.06. The van der Waals surface area contributed by atoms with Gasteiger partial charge in [-0.25, -0.2) is 0 Å². The summed E-state index contributed by atoms with van der Waals surface area (Å²) in [5.74, 6) is 0.232. The molecule has 1 amide bonds. The van der Waals surface area contributed by atoms with Crippen molar-refractivity contribution in [3.05, 3.63) is 35.4 Å². The Morgan fingerprint density at radius 3 is 2.58 bits per heavy atom. The number of benzene rings is 1. The minimum atomic E-state index is 0.0758. The summed E-state index contributed by atoms with van der Waals surface area (Å²) in [6.45, 7) is 7.65. The maximum atomic E-state index is 12.5. The minimum Gasteiger partial charge on any atom is -0.373 e. The Morgan fingerprint density at radius 1 is 1.19 bits per heavy atom. The van der Waals surface area contributed by atoms with Crippen molar-refractivity contribution in [2.75, 3.05) is 13.1 Å². The normalized spacial score (nSPS) is 30.1. The van der Waals surface area contributed by atoms with Crippen molar-refractivity contribution < 1.29 is 9.53 Å². The van der Waals surface area contributed by atoms with Crippen molar-refractivity contribution in [3.8, 4) is 0 Å². The van der Waals surface area contributed by atoms with Crippen LogP contribution < -0.4 is 11.1 Å². The molecule has 1 aliphatic heterocycles. The van der Waals surface area contributed by atoms with Crippen molar-refractivity contribution in [2.45, 2.75) is 70.9 Å². The third-order valence-corrected chi connectivity index (χ3v) is 5.55. The van der Waals surface area contributed by atoms with Crippen molar-refractivity contribution in [2.24, 2.45) is 11.7 Å². The molecule has 26 heavy (non-hydrogen) atoms. The molecule has 0 bridgehead atoms. The standard InChI is InChI=1S/C21H33N3O2/c1-15-12-24(13-16(2)26-15)14-19-7-4-3-6-18(19)11-23-21(25)17-8-5-9-20(22)10-17/h3-4,6-7,15-17,20H,5,8-14,22H2,1-2H3,(H,23,25). The number of hydrogen-bond acceptors (Lipinski definition) is 4. The van der Waals surface area contributed by atoms with Crippen molar-refractivity contribution in [3.63, 3.8) is 0 Å². The summed E-state index contributed by atoms with van der Waals surface area (Å²) in [4.78, 5) is 15.0. The SMILES string of the molecule is CC1CN(Cc2ccccc2CNC(=O)C2CCCC(N)C2)CC(C)O1. The van der Waals surface area contributed by atoms with Crippen molar-refractivity contribution in [1.29, 1.82) is 0 Å². The number of carbonyl (C=O) groups excluding carboxylic acids is 1. The molecule has 0 spiro atoms. The Balaban J connectivity index is 1.57. The Kier molecular flexibility index (Phi) is 6.68. The topological polar surface area (TPSA) is 67.6 Å². The van der Waals surface area contributed by atoms with Gasteiger partial charge in [-0.3, -0.25) is 9.69 Å². The molecule has 4 atom stereocenters. The second-order valence-electron chi connectivity index (χ2n) is 8.06. The predicted molar refractivity (Wildman–Crippen MR) is 104 cm³/mol. The molecule has 1 saturated heterocycles. The Labute approximate surface area is 157 Å². The summed E-state index contributed by atoms with van der Waals surface area (Å²) in [7, 11) is 0. The van der Waals surface area contributed by atoms with E-state index in [0.29, 0.717) is 6.54 Å². The first-order valence-electron chi connectivity index (χ1n) is 9.99. The lowest BCUT2D eigenvalue weighted by Gasteiger charge is -2.35. The fourth-order valence-corrected chi connectivity index (χ4v) is 4.33. The number of morpholine rings is 1. The smallest absolute Gasteiger partial charge is 0.223 e. The minimum absolute atomic E-state index is 0.0758. The zero-order valence-electron chi connectivity index (χ0n) is 16.1. The molecule has 3 N–H and O–H groups in total. The summed E-state index contributed by atoms with van der Waals surface area (Å²) in [6.07, 6.45) is 4.41. The van der Waals surface area contributed by atoms with E-state index in [4.69, 9.17) is 10.5 Å². The second kappa shape index (κ2) is 8.98. The van der Waals surface area contributed by atoms with Gasteiger partial charge in [0.15, 0.2) is 0 Å². The molecule has 5 nitrogen and oxygen atoms in total. The van der Waals surface area contributed by atoms with Crippen LogP contribution in [0.5, 0.6) is 0 Å². The molecular formula is C21H33N3O2. The van der Waals surface area contributed by atoms with Gasteiger partial charge in [0, 0.05) is 38.1 Å². The van der Waals surface area contributed by atoms with Gasteiger partial charge >= 0.3 is 0 Å². The quantitative estimate of drug-likeness (QED) is 0.847. The van der Waals surface area contributed by atoms with E-state index in [1.807, 2.05) is 6.07 Å². The molecule has 1 aromatic rings. The lowest BCUT2D eigenvalue weighted by molar-refractivity contribution is -0.126. The zero-order valence-corrected chi connectivity index (χ0v) is 16.1. The van der Waals surface area contributed by atoms with Gasteiger partial charge in [-0.2, -0.15) is 0 Å². The lowest BCUT2D eigenvalue weighted by atomic mass is 9.85. The first-order valence-corrected chi connectivity index (χ1v) is 9.99. The van der Waals surface area contributed by atoms with Crippen LogP contribution in [-0.4, -0.2) is 42.1 Å². The molecule has 1 aliphatic carbocycles. The highest BCUT2D eigenvalue weighted by atomic mass is 16.5. The maximum Gasteiger partial charge on any atom is 0.223 e. The predicted octanol–water partition coefficient (Wildman–Crippen LogP) is 2.43. The van der Waals surface area contributed by atoms with Gasteiger partial charge in [0.25, 0.3) is 0 Å². The van der Waals surface area contributed by atoms with Gasteiger partial charge in [0.1, 0.15) is 0 Å². The Morgan fingerprint density at radius 2 is 1.88 bits per heavy atom. The number of carbonyl (C=O) groups is 1. The third-order valence-electron chi connectivity index (χ3n) is 5.55. The number of nitrogens with zero attached hydrogens (tertiary/aromatic N) is 1. The van der Waals surface area contributed by atoms with Gasteiger partial charge < -0.3 is 15.8 Å². The highest BCUT2D eigenvalue weighted by Gasteiger charge is 2.26. The van der Waals surface area contributed by atoms with Crippen LogP contribution in [0, 0.1) is 5.92 Å². The average Bonchev–Trinajstić information content (AvgIpc) is 2.60. The Hall–Kier alpha value is -1.43. The molecule has 2 fully saturated rings. The highest BCUT2D eigenvalue weighted by molar-refractivity contribution is 5.78. The maximum absolute atomic E-state index is 12.5. The number of hydrogen-bond donors (Lipinski definition) is 2. The first-order chi connectivity index (χ1) is 12.5. The molecule has 0 aromatic heterocycles. The van der Waals surface area contributed by atoms with Crippen LogP contribution >= 0.6 is 0 Å². The molecule has 0 radical (unpaired) electrons.